The molecule has 0 radical (unpaired) electrons. The summed E-state index contributed by atoms with van der Waals surface area (Å²) in [6.45, 7) is 0. The second-order valence-electron chi connectivity index (χ2n) is 7.20. The van der Waals surface area contributed by atoms with Crippen molar-refractivity contribution in [3.05, 3.63) is 72.9 Å². The first kappa shape index (κ1) is 26.0. The summed E-state index contributed by atoms with van der Waals surface area (Å²) in [5, 5.41) is 9.54. The molecule has 0 aliphatic carbocycles. The fourth-order valence-corrected chi connectivity index (χ4v) is 3.97. The number of benzene rings is 3. The lowest BCUT2D eigenvalue weighted by Crippen LogP contribution is -2.36. The minimum Gasteiger partial charge on any atom is -0.756 e. The Morgan fingerprint density at radius 3 is 2.23 bits per heavy atom. The van der Waals surface area contributed by atoms with Crippen molar-refractivity contribution >= 4 is 45.9 Å². The van der Waals surface area contributed by atoms with E-state index in [1.54, 1.807) is 48.5 Å². The second-order valence-corrected chi connectivity index (χ2v) is 9.73. The van der Waals surface area contributed by atoms with Gasteiger partial charge in [-0.2, -0.15) is 18.2 Å². The number of azo groups is 1. The monoisotopic (exact) mass is 519 g/mol. The van der Waals surface area contributed by atoms with Crippen LogP contribution in [0.5, 0.6) is 5.75 Å². The summed E-state index contributed by atoms with van der Waals surface area (Å²) in [5.74, 6) is 0.251. The van der Waals surface area contributed by atoms with Crippen LogP contribution in [-0.4, -0.2) is 22.9 Å². The summed E-state index contributed by atoms with van der Waals surface area (Å²) in [7, 11) is -4.99. The third-order valence-electron chi connectivity index (χ3n) is 4.68. The van der Waals surface area contributed by atoms with Gasteiger partial charge in [0, 0.05) is 0 Å². The highest BCUT2D eigenvalue weighted by Gasteiger charge is 2.17. The van der Waals surface area contributed by atoms with Crippen LogP contribution in [0.4, 0.5) is 17.1 Å². The van der Waals surface area contributed by atoms with Crippen LogP contribution >= 0.6 is 7.82 Å². The second kappa shape index (κ2) is 10.3. The molecule has 0 spiro atoms. The molecule has 12 nitrogen and oxygen atoms in total. The van der Waals surface area contributed by atoms with Gasteiger partial charge in [0.25, 0.3) is 7.82 Å². The Bertz CT molecular complexity index is 1510. The average molecular weight is 519 g/mol. The highest BCUT2D eigenvalue weighted by Crippen LogP contribution is 2.33. The zero-order valence-electron chi connectivity index (χ0n) is 18.6. The van der Waals surface area contributed by atoms with Crippen molar-refractivity contribution in [1.82, 2.24) is 4.68 Å². The maximum atomic E-state index is 12.4. The zero-order chi connectivity index (χ0) is 25.8. The molecule has 184 valence electrons. The van der Waals surface area contributed by atoms with Crippen molar-refractivity contribution in [2.24, 2.45) is 24.3 Å². The van der Waals surface area contributed by atoms with E-state index >= 15 is 0 Å². The van der Waals surface area contributed by atoms with Crippen molar-refractivity contribution in [3.63, 3.8) is 0 Å². The van der Waals surface area contributed by atoms with E-state index in [0.717, 1.165) is 10.9 Å². The van der Waals surface area contributed by atoms with Crippen LogP contribution < -0.4 is 19.5 Å². The Kier molecular flexibility index (Phi) is 7.68. The topological polar surface area (TPSA) is 184 Å². The van der Waals surface area contributed by atoms with Crippen LogP contribution in [0.25, 0.3) is 10.9 Å². The van der Waals surface area contributed by atoms with Gasteiger partial charge in [0.1, 0.15) is 21.8 Å². The van der Waals surface area contributed by atoms with E-state index < -0.39 is 17.9 Å². The van der Waals surface area contributed by atoms with E-state index in [2.05, 4.69) is 10.2 Å². The molecule has 0 amide bonds. The summed E-state index contributed by atoms with van der Waals surface area (Å²) >= 11 is 0. The Balaban J connectivity index is 0.000000623. The van der Waals surface area contributed by atoms with Crippen LogP contribution in [0.2, 0.25) is 0 Å². The highest BCUT2D eigenvalue weighted by molar-refractivity contribution is 7.87. The van der Waals surface area contributed by atoms with Gasteiger partial charge in [-0.15, -0.1) is 9.80 Å². The fourth-order valence-electron chi connectivity index (χ4n) is 3.04. The summed E-state index contributed by atoms with van der Waals surface area (Å²) in [6, 6.07) is 18.0. The number of fused-ring (bicyclic) bond motifs is 1. The molecule has 0 aliphatic rings. The van der Waals surface area contributed by atoms with Gasteiger partial charge in [-0.3, -0.25) is 4.57 Å². The van der Waals surface area contributed by atoms with Gasteiger partial charge in [-0.25, -0.2) is 0 Å². The smallest absolute Gasteiger partial charge is 0.339 e. The van der Waals surface area contributed by atoms with Crippen molar-refractivity contribution in [2.75, 3.05) is 5.73 Å². The lowest BCUT2D eigenvalue weighted by atomic mass is 10.2. The summed E-state index contributed by atoms with van der Waals surface area (Å²) in [6.07, 6.45) is 1.97. The van der Waals surface area contributed by atoms with Gasteiger partial charge in [0.05, 0.1) is 23.8 Å². The first-order valence-corrected chi connectivity index (χ1v) is 12.8. The van der Waals surface area contributed by atoms with Crippen LogP contribution in [0.3, 0.4) is 0 Å². The van der Waals surface area contributed by atoms with E-state index in [0.29, 0.717) is 17.1 Å². The van der Waals surface area contributed by atoms with E-state index in [-0.39, 0.29) is 10.6 Å². The predicted octanol–water partition coefficient (Wildman–Crippen LogP) is 2.21. The first-order valence-electron chi connectivity index (χ1n) is 9.87. The van der Waals surface area contributed by atoms with Crippen molar-refractivity contribution in [1.29, 1.82) is 0 Å². The number of hydrogen-bond donors (Lipinski definition) is 3. The number of hydrogen-bond acceptors (Lipinski definition) is 8. The molecule has 0 unspecified atom stereocenters. The SMILES string of the molecule is Cn1c2c(N=Nc3ccc(S(=O)(=O)Oc4ccccc4)cc3)c(N)ccc2c[n+]1C.O=P([O-])(O)O. The molecule has 0 bridgehead atoms. The molecule has 0 saturated heterocycles. The number of para-hydroxylation sites is 1. The van der Waals surface area contributed by atoms with Crippen LogP contribution in [0.1, 0.15) is 0 Å². The highest BCUT2D eigenvalue weighted by atomic mass is 32.2. The summed E-state index contributed by atoms with van der Waals surface area (Å²) < 4.78 is 42.6. The Hall–Kier alpha value is -3.61. The maximum Gasteiger partial charge on any atom is 0.339 e. The molecular formula is C21H22N5O7PS. The van der Waals surface area contributed by atoms with Crippen molar-refractivity contribution in [3.8, 4) is 5.75 Å². The molecule has 0 saturated carbocycles. The third-order valence-corrected chi connectivity index (χ3v) is 5.94. The molecular weight excluding hydrogens is 497 g/mol. The van der Waals surface area contributed by atoms with Crippen LogP contribution in [-0.2, 0) is 28.8 Å². The van der Waals surface area contributed by atoms with E-state index in [4.69, 9.17) is 29.2 Å². The molecule has 0 atom stereocenters. The van der Waals surface area contributed by atoms with Crippen molar-refractivity contribution < 1.29 is 36.5 Å². The molecule has 1 aromatic heterocycles. The number of nitrogen functional groups attached to an aromatic ring is 1. The molecule has 4 N–H and O–H groups in total. The largest absolute Gasteiger partial charge is 0.756 e. The molecule has 4 rings (SSSR count). The Labute approximate surface area is 200 Å². The maximum absolute atomic E-state index is 12.4. The molecule has 1 heterocycles. The van der Waals surface area contributed by atoms with Gasteiger partial charge in [-0.1, -0.05) is 18.2 Å². The van der Waals surface area contributed by atoms with Gasteiger partial charge in [-0.05, 0) is 48.5 Å². The standard InChI is InChI=1S/C21H19N5O3S.H3O4P/c1-25-14-15-8-13-19(22)20(21(15)26(25)2)24-23-16-9-11-18(12-10-16)30(27,28)29-17-6-4-3-5-7-17;1-5(2,3)4/h3-14,22H,1-2H3;(H3,1,2,3,4). The lowest BCUT2D eigenvalue weighted by Gasteiger charge is -2.06. The minimum atomic E-state index is -4.89. The first-order chi connectivity index (χ1) is 16.3. The number of aryl methyl sites for hydroxylation is 2. The number of phosphoric acid groups is 1. The van der Waals surface area contributed by atoms with Gasteiger partial charge in [0.2, 0.25) is 6.20 Å². The summed E-state index contributed by atoms with van der Waals surface area (Å²) in [5.41, 5.74) is 8.52. The van der Waals surface area contributed by atoms with E-state index in [1.165, 1.54) is 12.1 Å². The molecule has 0 aliphatic heterocycles. The van der Waals surface area contributed by atoms with Crippen LogP contribution in [0.15, 0.2) is 88.1 Å². The number of aromatic nitrogens is 2. The van der Waals surface area contributed by atoms with E-state index in [1.807, 2.05) is 35.7 Å². The van der Waals surface area contributed by atoms with Crippen molar-refractivity contribution in [2.45, 2.75) is 4.90 Å². The van der Waals surface area contributed by atoms with Gasteiger partial charge >= 0.3 is 10.1 Å². The Morgan fingerprint density at radius 2 is 1.63 bits per heavy atom. The minimum absolute atomic E-state index is 0.0291. The van der Waals surface area contributed by atoms with Crippen LogP contribution in [0, 0.1) is 0 Å². The predicted molar refractivity (Wildman–Crippen MR) is 125 cm³/mol. The summed E-state index contributed by atoms with van der Waals surface area (Å²) in [4.78, 5) is 23.0. The number of nitrogens with zero attached hydrogens (tertiary/aromatic N) is 4. The number of rotatable bonds is 5. The molecule has 4 aromatic rings. The fraction of sp³-hybridized carbons (Fsp3) is 0.0952. The van der Waals surface area contributed by atoms with Gasteiger partial charge < -0.3 is 24.6 Å². The third kappa shape index (κ3) is 6.94. The number of anilines is 1. The molecule has 0 fully saturated rings. The molecule has 35 heavy (non-hydrogen) atoms. The van der Waals surface area contributed by atoms with E-state index in [9.17, 15) is 8.42 Å². The quantitative estimate of drug-likeness (QED) is 0.118. The average Bonchev–Trinajstić information content (AvgIpc) is 3.06. The molecule has 14 heteroatoms. The lowest BCUT2D eigenvalue weighted by molar-refractivity contribution is -0.748. The zero-order valence-corrected chi connectivity index (χ0v) is 20.3. The number of nitrogens with two attached hydrogens (primary N) is 1. The van der Waals surface area contributed by atoms with Gasteiger partial charge in [0.15, 0.2) is 7.05 Å². The molecule has 3 aromatic carbocycles. The Morgan fingerprint density at radius 1 is 1.03 bits per heavy atom. The normalized spacial score (nSPS) is 11.9.